The third kappa shape index (κ3) is 5.00. The Morgan fingerprint density at radius 3 is 2.67 bits per heavy atom. The fourth-order valence-corrected chi connectivity index (χ4v) is 2.30. The van der Waals surface area contributed by atoms with Crippen LogP contribution in [0.3, 0.4) is 0 Å². The van der Waals surface area contributed by atoms with Crippen LogP contribution in [-0.4, -0.2) is 41.8 Å². The van der Waals surface area contributed by atoms with Gasteiger partial charge in [-0.25, -0.2) is 0 Å². The molecule has 1 aromatic carbocycles. The molecule has 0 saturated heterocycles. The van der Waals surface area contributed by atoms with E-state index in [0.29, 0.717) is 12.1 Å². The first-order valence-corrected chi connectivity index (χ1v) is 7.77. The van der Waals surface area contributed by atoms with Gasteiger partial charge in [0.05, 0.1) is 12.0 Å². The zero-order chi connectivity index (χ0) is 15.8. The molecule has 7 heteroatoms. The topological polar surface area (TPSA) is 72.7 Å². The van der Waals surface area contributed by atoms with E-state index in [0.717, 1.165) is 24.6 Å². The number of benzene rings is 1. The zero-order valence-electron chi connectivity index (χ0n) is 12.2. The number of hydrogen-bond donors (Lipinski definition) is 0. The highest BCUT2D eigenvalue weighted by Crippen LogP contribution is 2.27. The molecule has 0 radical (unpaired) electrons. The first kappa shape index (κ1) is 17.4. The third-order valence-corrected chi connectivity index (χ3v) is 3.66. The number of nitrogens with zero attached hydrogens (tertiary/aromatic N) is 2. The summed E-state index contributed by atoms with van der Waals surface area (Å²) in [4.78, 5) is 24.2. The molecule has 0 N–H and O–H groups in total. The number of hydrogen-bond acceptors (Lipinski definition) is 4. The standard InChI is InChI=1S/C14H19BrN2O4/c1-16(9-5-3-4-8-15)14(18)11-6-7-12(17(19)20)13(10-11)21-2/h6-7,10H,3-5,8-9H2,1-2H3. The van der Waals surface area contributed by atoms with Gasteiger partial charge in [0.25, 0.3) is 5.91 Å². The number of nitro groups is 1. The van der Waals surface area contributed by atoms with E-state index >= 15 is 0 Å². The molecule has 0 spiro atoms. The van der Waals surface area contributed by atoms with Crippen molar-refractivity contribution in [1.82, 2.24) is 4.90 Å². The predicted octanol–water partition coefficient (Wildman–Crippen LogP) is 3.24. The summed E-state index contributed by atoms with van der Waals surface area (Å²) in [5.74, 6) is -0.0689. The van der Waals surface area contributed by atoms with Crippen molar-refractivity contribution < 1.29 is 14.5 Å². The molecule has 116 valence electrons. The first-order valence-electron chi connectivity index (χ1n) is 6.65. The fourth-order valence-electron chi connectivity index (χ4n) is 1.90. The second-order valence-corrected chi connectivity index (χ2v) is 5.41. The van der Waals surface area contributed by atoms with Gasteiger partial charge < -0.3 is 9.64 Å². The number of alkyl halides is 1. The van der Waals surface area contributed by atoms with Crippen LogP contribution in [0.1, 0.15) is 29.6 Å². The minimum absolute atomic E-state index is 0.0959. The fraction of sp³-hybridized carbons (Fsp3) is 0.500. The van der Waals surface area contributed by atoms with Crippen LogP contribution in [0.5, 0.6) is 5.75 Å². The number of ether oxygens (including phenoxy) is 1. The average molecular weight is 359 g/mol. The molecule has 0 aromatic heterocycles. The van der Waals surface area contributed by atoms with Crippen molar-refractivity contribution in [3.63, 3.8) is 0 Å². The molecule has 1 rings (SSSR count). The lowest BCUT2D eigenvalue weighted by Crippen LogP contribution is -2.27. The lowest BCUT2D eigenvalue weighted by Gasteiger charge is -2.17. The minimum Gasteiger partial charge on any atom is -0.490 e. The Morgan fingerprint density at radius 1 is 1.38 bits per heavy atom. The number of halogens is 1. The molecule has 0 atom stereocenters. The molecule has 21 heavy (non-hydrogen) atoms. The largest absolute Gasteiger partial charge is 0.490 e. The Morgan fingerprint density at radius 2 is 2.10 bits per heavy atom. The predicted molar refractivity (Wildman–Crippen MR) is 84.3 cm³/mol. The molecule has 0 unspecified atom stereocenters. The van der Waals surface area contributed by atoms with E-state index in [4.69, 9.17) is 4.74 Å². The monoisotopic (exact) mass is 358 g/mol. The molecule has 6 nitrogen and oxygen atoms in total. The maximum absolute atomic E-state index is 12.2. The van der Waals surface area contributed by atoms with Crippen molar-refractivity contribution in [2.75, 3.05) is 26.0 Å². The van der Waals surface area contributed by atoms with E-state index in [9.17, 15) is 14.9 Å². The zero-order valence-corrected chi connectivity index (χ0v) is 13.8. The lowest BCUT2D eigenvalue weighted by atomic mass is 10.1. The van der Waals surface area contributed by atoms with Crippen LogP contribution in [0.2, 0.25) is 0 Å². The molecular weight excluding hydrogens is 340 g/mol. The van der Waals surface area contributed by atoms with Gasteiger partial charge in [-0.15, -0.1) is 0 Å². The molecule has 1 aromatic rings. The molecule has 0 saturated carbocycles. The number of carbonyl (C=O) groups excluding carboxylic acids is 1. The Labute approximate surface area is 132 Å². The van der Waals surface area contributed by atoms with E-state index in [1.165, 1.54) is 25.3 Å². The van der Waals surface area contributed by atoms with Crippen molar-refractivity contribution >= 4 is 27.5 Å². The summed E-state index contributed by atoms with van der Waals surface area (Å²) in [5, 5.41) is 11.8. The summed E-state index contributed by atoms with van der Waals surface area (Å²) in [6, 6.07) is 4.16. The molecule has 0 fully saturated rings. The third-order valence-electron chi connectivity index (χ3n) is 3.10. The molecule has 0 aliphatic rings. The van der Waals surface area contributed by atoms with Gasteiger partial charge in [-0.3, -0.25) is 14.9 Å². The van der Waals surface area contributed by atoms with E-state index in [1.54, 1.807) is 11.9 Å². The molecular formula is C14H19BrN2O4. The quantitative estimate of drug-likeness (QED) is 0.309. The molecule has 0 aliphatic heterocycles. The van der Waals surface area contributed by atoms with E-state index in [2.05, 4.69) is 15.9 Å². The van der Waals surface area contributed by atoms with Crippen LogP contribution in [0.25, 0.3) is 0 Å². The summed E-state index contributed by atoms with van der Waals surface area (Å²) in [6.45, 7) is 0.658. The number of nitro benzene ring substituents is 1. The van der Waals surface area contributed by atoms with Crippen LogP contribution < -0.4 is 4.74 Å². The Kier molecular flexibility index (Phi) is 7.14. The highest BCUT2D eigenvalue weighted by molar-refractivity contribution is 9.09. The number of unbranched alkanes of at least 4 members (excludes halogenated alkanes) is 2. The summed E-state index contributed by atoms with van der Waals surface area (Å²) in [6.07, 6.45) is 3.05. The maximum Gasteiger partial charge on any atom is 0.310 e. The Hall–Kier alpha value is -1.63. The highest BCUT2D eigenvalue weighted by Gasteiger charge is 2.19. The van der Waals surface area contributed by atoms with Crippen molar-refractivity contribution in [2.24, 2.45) is 0 Å². The molecule has 0 bridgehead atoms. The smallest absolute Gasteiger partial charge is 0.310 e. The molecule has 0 heterocycles. The Bertz CT molecular complexity index is 508. The molecule has 0 aliphatic carbocycles. The van der Waals surface area contributed by atoms with Crippen LogP contribution >= 0.6 is 15.9 Å². The van der Waals surface area contributed by atoms with E-state index in [1.807, 2.05) is 0 Å². The van der Waals surface area contributed by atoms with E-state index in [-0.39, 0.29) is 17.3 Å². The maximum atomic E-state index is 12.2. The van der Waals surface area contributed by atoms with Gasteiger partial charge in [-0.2, -0.15) is 0 Å². The summed E-state index contributed by atoms with van der Waals surface area (Å²) < 4.78 is 4.97. The number of rotatable bonds is 8. The first-order chi connectivity index (χ1) is 10.0. The second kappa shape index (κ2) is 8.61. The van der Waals surface area contributed by atoms with Crippen molar-refractivity contribution in [2.45, 2.75) is 19.3 Å². The SMILES string of the molecule is COc1cc(C(=O)N(C)CCCCCBr)ccc1[N+](=O)[O-]. The van der Waals surface area contributed by atoms with Gasteiger partial charge in [-0.1, -0.05) is 22.4 Å². The van der Waals surface area contributed by atoms with Gasteiger partial charge in [0.15, 0.2) is 5.75 Å². The minimum atomic E-state index is -0.531. The van der Waals surface area contributed by atoms with Gasteiger partial charge in [0, 0.05) is 36.6 Å². The van der Waals surface area contributed by atoms with Crippen LogP contribution in [-0.2, 0) is 0 Å². The summed E-state index contributed by atoms with van der Waals surface area (Å²) in [5.41, 5.74) is 0.245. The second-order valence-electron chi connectivity index (χ2n) is 4.62. The number of carbonyl (C=O) groups is 1. The number of amides is 1. The van der Waals surface area contributed by atoms with Crippen molar-refractivity contribution in [1.29, 1.82) is 0 Å². The van der Waals surface area contributed by atoms with Gasteiger partial charge in [0.1, 0.15) is 0 Å². The van der Waals surface area contributed by atoms with Gasteiger partial charge in [0.2, 0.25) is 0 Å². The van der Waals surface area contributed by atoms with Crippen LogP contribution in [0.15, 0.2) is 18.2 Å². The molecule has 1 amide bonds. The average Bonchev–Trinajstić information content (AvgIpc) is 2.49. The Balaban J connectivity index is 2.75. The normalized spacial score (nSPS) is 10.2. The van der Waals surface area contributed by atoms with Gasteiger partial charge in [-0.05, 0) is 18.9 Å². The van der Waals surface area contributed by atoms with Crippen molar-refractivity contribution in [3.05, 3.63) is 33.9 Å². The highest BCUT2D eigenvalue weighted by atomic mass is 79.9. The summed E-state index contributed by atoms with van der Waals surface area (Å²) >= 11 is 3.37. The van der Waals surface area contributed by atoms with Crippen LogP contribution in [0.4, 0.5) is 5.69 Å². The summed E-state index contributed by atoms with van der Waals surface area (Å²) in [7, 11) is 3.07. The number of methoxy groups -OCH3 is 1. The van der Waals surface area contributed by atoms with Crippen molar-refractivity contribution in [3.8, 4) is 5.75 Å². The van der Waals surface area contributed by atoms with Crippen LogP contribution in [0, 0.1) is 10.1 Å². The van der Waals surface area contributed by atoms with Gasteiger partial charge >= 0.3 is 5.69 Å². The van der Waals surface area contributed by atoms with E-state index < -0.39 is 4.92 Å². The lowest BCUT2D eigenvalue weighted by molar-refractivity contribution is -0.385.